The number of rotatable bonds is 4. The molecule has 8 aromatic carbocycles. The molecule has 0 unspecified atom stereocenters. The first-order valence-electron chi connectivity index (χ1n) is 21.6. The first kappa shape index (κ1) is 36.8. The van der Waals surface area contributed by atoms with Gasteiger partial charge >= 0.3 is 0 Å². The van der Waals surface area contributed by atoms with E-state index >= 15 is 0 Å². The van der Waals surface area contributed by atoms with E-state index in [1.807, 2.05) is 30.3 Å². The monoisotopic (exact) mass is 811 g/mol. The van der Waals surface area contributed by atoms with Crippen LogP contribution in [0.5, 0.6) is 0 Å². The second kappa shape index (κ2) is 13.2. The van der Waals surface area contributed by atoms with Gasteiger partial charge in [0.1, 0.15) is 23.3 Å². The van der Waals surface area contributed by atoms with E-state index in [0.717, 1.165) is 88.0 Å². The van der Waals surface area contributed by atoms with E-state index in [4.69, 9.17) is 4.42 Å². The number of fused-ring (bicyclic) bond motifs is 13. The number of furan rings is 1. The van der Waals surface area contributed by atoms with Gasteiger partial charge in [-0.05, 0) is 107 Å². The molecule has 0 aliphatic rings. The maximum atomic E-state index is 11.1. The highest BCUT2D eigenvalue weighted by atomic mass is 16.3. The predicted molar refractivity (Wildman–Crippen MR) is 259 cm³/mol. The molecule has 0 fully saturated rings. The van der Waals surface area contributed by atoms with Gasteiger partial charge in [0.2, 0.25) is 0 Å². The summed E-state index contributed by atoms with van der Waals surface area (Å²) < 4.78 is 13.4. The van der Waals surface area contributed by atoms with E-state index in [2.05, 4.69) is 182 Å². The Morgan fingerprint density at radius 1 is 0.476 bits per heavy atom. The van der Waals surface area contributed by atoms with Gasteiger partial charge in [0.15, 0.2) is 0 Å². The van der Waals surface area contributed by atoms with E-state index in [-0.39, 0.29) is 5.41 Å². The fraction of sp³-hybridized carbons (Fsp3) is 0.123. The van der Waals surface area contributed by atoms with Crippen molar-refractivity contribution < 1.29 is 4.42 Å². The number of benzene rings is 8. The number of hydrogen-bond donors (Lipinski definition) is 0. The number of hydrogen-bond acceptors (Lipinski definition) is 3. The molecule has 4 heterocycles. The average Bonchev–Trinajstić information content (AvgIpc) is 4.04. The maximum Gasteiger partial charge on any atom is 0.145 e. The smallest absolute Gasteiger partial charge is 0.145 e. The van der Waals surface area contributed by atoms with E-state index in [0.29, 0.717) is 22.7 Å². The van der Waals surface area contributed by atoms with Crippen LogP contribution in [-0.2, 0) is 5.41 Å². The van der Waals surface area contributed by atoms with Gasteiger partial charge in [-0.25, -0.2) is 0 Å². The van der Waals surface area contributed by atoms with Crippen LogP contribution >= 0.6 is 0 Å². The summed E-state index contributed by atoms with van der Waals surface area (Å²) in [7, 11) is 0. The highest BCUT2D eigenvalue weighted by Gasteiger charge is 2.25. The number of nitriles is 2. The molecule has 0 saturated heterocycles. The Morgan fingerprint density at radius 2 is 1.03 bits per heavy atom. The SMILES string of the molecule is CC(C)c1ccc2c(c1)c1cc(C(C)(C)C)ccc1n2-c1c(C#N)cc(-n2c3ccc(-n4c5ccccc5c5ccccc54)cc3c3c4oc5ccccc5c4ccc32)cc1C#N. The molecule has 0 amide bonds. The third kappa shape index (κ3) is 5.22. The van der Waals surface area contributed by atoms with Gasteiger partial charge in [-0.3, -0.25) is 0 Å². The van der Waals surface area contributed by atoms with Crippen LogP contribution in [0.3, 0.4) is 0 Å². The molecule has 0 bridgehead atoms. The van der Waals surface area contributed by atoms with Gasteiger partial charge in [0.25, 0.3) is 0 Å². The molecule has 0 N–H and O–H groups in total. The topological polar surface area (TPSA) is 75.5 Å². The van der Waals surface area contributed by atoms with Crippen molar-refractivity contribution in [2.75, 3.05) is 0 Å². The predicted octanol–water partition coefficient (Wildman–Crippen LogP) is 15.0. The van der Waals surface area contributed by atoms with Crippen molar-refractivity contribution in [1.29, 1.82) is 10.5 Å². The summed E-state index contributed by atoms with van der Waals surface area (Å²) in [6.45, 7) is 11.1. The summed E-state index contributed by atoms with van der Waals surface area (Å²) in [6, 6.07) is 58.4. The molecule has 6 heteroatoms. The highest BCUT2D eigenvalue weighted by Crippen LogP contribution is 2.44. The lowest BCUT2D eigenvalue weighted by molar-refractivity contribution is 0.591. The van der Waals surface area contributed by atoms with Gasteiger partial charge in [0, 0.05) is 49.1 Å². The van der Waals surface area contributed by atoms with E-state index in [1.54, 1.807) is 0 Å². The van der Waals surface area contributed by atoms with Crippen LogP contribution in [0, 0.1) is 22.7 Å². The molecule has 300 valence electrons. The summed E-state index contributed by atoms with van der Waals surface area (Å²) in [6.07, 6.45) is 0. The Kier molecular flexibility index (Phi) is 7.71. The Morgan fingerprint density at radius 3 is 1.70 bits per heavy atom. The maximum absolute atomic E-state index is 11.1. The minimum absolute atomic E-state index is 0.0595. The zero-order chi connectivity index (χ0) is 42.9. The van der Waals surface area contributed by atoms with Crippen LogP contribution in [-0.4, -0.2) is 13.7 Å². The van der Waals surface area contributed by atoms with Crippen molar-refractivity contribution in [3.8, 4) is 29.2 Å². The van der Waals surface area contributed by atoms with Crippen molar-refractivity contribution >= 4 is 87.4 Å². The first-order chi connectivity index (χ1) is 30.6. The molecule has 63 heavy (non-hydrogen) atoms. The van der Waals surface area contributed by atoms with Crippen LogP contribution in [0.25, 0.3) is 104 Å². The van der Waals surface area contributed by atoms with Crippen LogP contribution < -0.4 is 0 Å². The highest BCUT2D eigenvalue weighted by molar-refractivity contribution is 6.24. The lowest BCUT2D eigenvalue weighted by atomic mass is 9.86. The summed E-state index contributed by atoms with van der Waals surface area (Å²) in [4.78, 5) is 0. The molecule has 12 aromatic rings. The summed E-state index contributed by atoms with van der Waals surface area (Å²) >= 11 is 0. The summed E-state index contributed by atoms with van der Waals surface area (Å²) in [5, 5.41) is 30.9. The Bertz CT molecular complexity index is 3930. The van der Waals surface area contributed by atoms with Crippen molar-refractivity contribution in [2.24, 2.45) is 0 Å². The molecule has 0 aliphatic carbocycles. The van der Waals surface area contributed by atoms with Gasteiger partial charge in [0.05, 0.1) is 55.3 Å². The normalized spacial score (nSPS) is 12.3. The Hall–Kier alpha value is -8.06. The van der Waals surface area contributed by atoms with Gasteiger partial charge < -0.3 is 18.1 Å². The van der Waals surface area contributed by atoms with Crippen LogP contribution in [0.15, 0.2) is 156 Å². The molecule has 0 atom stereocenters. The van der Waals surface area contributed by atoms with Crippen LogP contribution in [0.1, 0.15) is 62.8 Å². The van der Waals surface area contributed by atoms with E-state index < -0.39 is 0 Å². The van der Waals surface area contributed by atoms with Crippen molar-refractivity contribution in [2.45, 2.75) is 46.0 Å². The van der Waals surface area contributed by atoms with Gasteiger partial charge in [-0.2, -0.15) is 10.5 Å². The molecular weight excluding hydrogens is 771 g/mol. The largest absolute Gasteiger partial charge is 0.455 e. The van der Waals surface area contributed by atoms with Crippen molar-refractivity contribution in [3.05, 3.63) is 174 Å². The fourth-order valence-corrected chi connectivity index (χ4v) is 10.2. The quantitative estimate of drug-likeness (QED) is 0.178. The fourth-order valence-electron chi connectivity index (χ4n) is 10.2. The molecule has 12 rings (SSSR count). The molecule has 0 radical (unpaired) electrons. The summed E-state index contributed by atoms with van der Waals surface area (Å²) in [5.74, 6) is 0.340. The number of aromatic nitrogens is 3. The molecule has 4 aromatic heterocycles. The van der Waals surface area contributed by atoms with Crippen LogP contribution in [0.2, 0.25) is 0 Å². The van der Waals surface area contributed by atoms with Gasteiger partial charge in [-0.15, -0.1) is 0 Å². The van der Waals surface area contributed by atoms with Gasteiger partial charge in [-0.1, -0.05) is 101 Å². The van der Waals surface area contributed by atoms with E-state index in [1.165, 1.54) is 21.9 Å². The van der Waals surface area contributed by atoms with Crippen LogP contribution in [0.4, 0.5) is 0 Å². The average molecular weight is 812 g/mol. The standard InChI is InChI=1S/C57H41N5O/c1-33(2)34-18-22-49-44(28-34)45-29-37(57(3,4)5)19-23-50(45)62(49)55-35(31-58)26-39(27-36(55)32-59)61-51-24-20-38(60-47-15-9-6-12-40(47)41-13-7-10-16-48(41)60)30-46(51)54-52(61)25-21-43-42-14-8-11-17-53(42)63-56(43)54/h6-30,33H,1-5H3. The van der Waals surface area contributed by atoms with E-state index in [9.17, 15) is 10.5 Å². The second-order valence-corrected chi connectivity index (χ2v) is 18.2. The third-order valence-electron chi connectivity index (χ3n) is 13.2. The summed E-state index contributed by atoms with van der Waals surface area (Å²) in [5.41, 5.74) is 13.2. The zero-order valence-electron chi connectivity index (χ0n) is 35.7. The second-order valence-electron chi connectivity index (χ2n) is 18.2. The lowest BCUT2D eigenvalue weighted by Gasteiger charge is -2.19. The minimum Gasteiger partial charge on any atom is -0.455 e. The molecule has 0 saturated carbocycles. The molecule has 0 aliphatic heterocycles. The number of nitrogens with zero attached hydrogens (tertiary/aromatic N) is 5. The minimum atomic E-state index is -0.0595. The van der Waals surface area contributed by atoms with Crippen molar-refractivity contribution in [1.82, 2.24) is 13.7 Å². The Labute approximate surface area is 363 Å². The van der Waals surface area contributed by atoms with Crippen molar-refractivity contribution in [3.63, 3.8) is 0 Å². The molecule has 0 spiro atoms. The number of para-hydroxylation sites is 3. The molecular formula is C57H41N5O. The Balaban J connectivity index is 1.15. The first-order valence-corrected chi connectivity index (χ1v) is 21.6. The molecule has 6 nitrogen and oxygen atoms in total. The lowest BCUT2D eigenvalue weighted by Crippen LogP contribution is -2.10. The zero-order valence-corrected chi connectivity index (χ0v) is 35.7. The third-order valence-corrected chi connectivity index (χ3v) is 13.2.